The molecule has 3 rings (SSSR count). The molecule has 2 nitrogen and oxygen atoms in total. The molecule has 0 bridgehead atoms. The second kappa shape index (κ2) is 6.53. The Bertz CT molecular complexity index is 773. The Morgan fingerprint density at radius 2 is 1.73 bits per heavy atom. The topological polar surface area (TPSA) is 17.8 Å². The van der Waals surface area contributed by atoms with Crippen LogP contribution in [0.5, 0.6) is 0 Å². The molecule has 0 saturated carbocycles. The number of hydrogen-bond acceptors (Lipinski definition) is 1. The van der Waals surface area contributed by atoms with E-state index in [1.807, 2.05) is 12.3 Å². The van der Waals surface area contributed by atoms with Gasteiger partial charge in [0.15, 0.2) is 0 Å². The lowest BCUT2D eigenvalue weighted by molar-refractivity contribution is 0.527. The second-order valence-corrected chi connectivity index (χ2v) is 6.14. The predicted octanol–water partition coefficient (Wildman–Crippen LogP) is 5.40. The number of aromatic nitrogens is 2. The number of rotatable bonds is 3. The summed E-state index contributed by atoms with van der Waals surface area (Å²) in [5, 5.41) is 1.32. The summed E-state index contributed by atoms with van der Waals surface area (Å²) in [7, 11) is 0. The van der Waals surface area contributed by atoms with Crippen molar-refractivity contribution < 1.29 is 0 Å². The van der Waals surface area contributed by atoms with Gasteiger partial charge in [-0.05, 0) is 31.4 Å². The monoisotopic (exact) mass is 314 g/mol. The van der Waals surface area contributed by atoms with Gasteiger partial charge >= 0.3 is 0 Å². The highest BCUT2D eigenvalue weighted by Gasteiger charge is 2.16. The van der Waals surface area contributed by atoms with E-state index < -0.39 is 0 Å². The van der Waals surface area contributed by atoms with E-state index >= 15 is 0 Å². The Hall–Kier alpha value is -1.80. The normalized spacial score (nSPS) is 11.0. The molecular weight excluding hydrogens is 292 g/mol. The third kappa shape index (κ3) is 2.76. The van der Waals surface area contributed by atoms with Gasteiger partial charge in [0.25, 0.3) is 0 Å². The van der Waals surface area contributed by atoms with Crippen LogP contribution < -0.4 is 0 Å². The van der Waals surface area contributed by atoms with Gasteiger partial charge in [-0.2, -0.15) is 0 Å². The van der Waals surface area contributed by atoms with Crippen LogP contribution in [0.25, 0.3) is 22.2 Å². The highest BCUT2D eigenvalue weighted by atomic mass is 35.5. The van der Waals surface area contributed by atoms with Crippen LogP contribution in [-0.4, -0.2) is 9.55 Å². The summed E-state index contributed by atoms with van der Waals surface area (Å²) in [4.78, 5) is 4.68. The standard InChI is InChI=1S/C19H22N2.ClH/c1-13(2)12-21-15(4)14(3)17-10-11-20-18(19(17)21)16-8-6-5-7-9-16;/h5-11,13H,12H2,1-4H3;1H. The quantitative estimate of drug-likeness (QED) is 0.633. The van der Waals surface area contributed by atoms with Crippen LogP contribution in [0.1, 0.15) is 25.1 Å². The van der Waals surface area contributed by atoms with Crippen molar-refractivity contribution in [1.29, 1.82) is 0 Å². The largest absolute Gasteiger partial charge is 0.343 e. The van der Waals surface area contributed by atoms with E-state index in [1.165, 1.54) is 27.7 Å². The number of nitrogens with zero attached hydrogens (tertiary/aromatic N) is 2. The summed E-state index contributed by atoms with van der Waals surface area (Å²) in [6.07, 6.45) is 1.93. The van der Waals surface area contributed by atoms with Crippen LogP contribution >= 0.6 is 12.4 Å². The highest BCUT2D eigenvalue weighted by molar-refractivity contribution is 5.95. The average Bonchev–Trinajstić information content (AvgIpc) is 2.73. The Balaban J connectivity index is 0.00000176. The lowest BCUT2D eigenvalue weighted by atomic mass is 10.1. The molecule has 0 aliphatic rings. The summed E-state index contributed by atoms with van der Waals surface area (Å²) in [6, 6.07) is 12.6. The van der Waals surface area contributed by atoms with Gasteiger partial charge < -0.3 is 4.57 Å². The maximum absolute atomic E-state index is 4.68. The summed E-state index contributed by atoms with van der Waals surface area (Å²) in [6.45, 7) is 9.98. The van der Waals surface area contributed by atoms with Gasteiger partial charge in [-0.3, -0.25) is 4.98 Å². The van der Waals surface area contributed by atoms with Crippen molar-refractivity contribution in [2.45, 2.75) is 34.2 Å². The SMILES string of the molecule is Cc1c(C)n(CC(C)C)c2c(-c3ccccc3)nccc12.Cl. The lowest BCUT2D eigenvalue weighted by Gasteiger charge is -2.13. The first kappa shape index (κ1) is 16.6. The highest BCUT2D eigenvalue weighted by Crippen LogP contribution is 2.32. The van der Waals surface area contributed by atoms with Crippen molar-refractivity contribution in [3.05, 3.63) is 53.9 Å². The van der Waals surface area contributed by atoms with Gasteiger partial charge in [-0.25, -0.2) is 0 Å². The van der Waals surface area contributed by atoms with Gasteiger partial charge in [0.05, 0.1) is 11.2 Å². The maximum Gasteiger partial charge on any atom is 0.0944 e. The number of benzene rings is 1. The minimum atomic E-state index is 0. The first-order valence-corrected chi connectivity index (χ1v) is 7.59. The van der Waals surface area contributed by atoms with Gasteiger partial charge in [-0.15, -0.1) is 12.4 Å². The molecule has 3 aromatic rings. The van der Waals surface area contributed by atoms with Crippen molar-refractivity contribution in [3.63, 3.8) is 0 Å². The van der Waals surface area contributed by atoms with Gasteiger partial charge in [0, 0.05) is 29.4 Å². The second-order valence-electron chi connectivity index (χ2n) is 6.14. The zero-order valence-corrected chi connectivity index (χ0v) is 14.4. The molecule has 3 heteroatoms. The fourth-order valence-electron chi connectivity index (χ4n) is 3.00. The summed E-state index contributed by atoms with van der Waals surface area (Å²) in [5.41, 5.74) is 6.26. The van der Waals surface area contributed by atoms with Crippen LogP contribution in [0.15, 0.2) is 42.6 Å². The fraction of sp³-hybridized carbons (Fsp3) is 0.316. The van der Waals surface area contributed by atoms with Crippen molar-refractivity contribution in [1.82, 2.24) is 9.55 Å². The van der Waals surface area contributed by atoms with Crippen molar-refractivity contribution in [2.75, 3.05) is 0 Å². The predicted molar refractivity (Wildman–Crippen MR) is 96.7 cm³/mol. The summed E-state index contributed by atoms with van der Waals surface area (Å²) in [5.74, 6) is 0.613. The smallest absolute Gasteiger partial charge is 0.0944 e. The number of halogens is 1. The minimum Gasteiger partial charge on any atom is -0.343 e. The van der Waals surface area contributed by atoms with E-state index in [0.29, 0.717) is 5.92 Å². The van der Waals surface area contributed by atoms with Gasteiger partial charge in [-0.1, -0.05) is 44.2 Å². The van der Waals surface area contributed by atoms with E-state index in [4.69, 9.17) is 0 Å². The van der Waals surface area contributed by atoms with Crippen molar-refractivity contribution in [2.24, 2.45) is 5.92 Å². The van der Waals surface area contributed by atoms with E-state index in [1.54, 1.807) is 0 Å². The third-order valence-corrected chi connectivity index (χ3v) is 4.14. The van der Waals surface area contributed by atoms with E-state index in [2.05, 4.69) is 67.6 Å². The zero-order valence-electron chi connectivity index (χ0n) is 13.6. The molecule has 0 aliphatic heterocycles. The first-order valence-electron chi connectivity index (χ1n) is 7.59. The molecule has 0 radical (unpaired) electrons. The molecule has 116 valence electrons. The van der Waals surface area contributed by atoms with Crippen LogP contribution in [0.4, 0.5) is 0 Å². The van der Waals surface area contributed by atoms with Crippen LogP contribution in [-0.2, 0) is 6.54 Å². The Morgan fingerprint density at radius 3 is 2.36 bits per heavy atom. The van der Waals surface area contributed by atoms with E-state index in [0.717, 1.165) is 12.2 Å². The molecule has 0 saturated heterocycles. The molecule has 22 heavy (non-hydrogen) atoms. The molecule has 0 aliphatic carbocycles. The number of hydrogen-bond donors (Lipinski definition) is 0. The van der Waals surface area contributed by atoms with Gasteiger partial charge in [0.1, 0.15) is 0 Å². The molecule has 2 aromatic heterocycles. The van der Waals surface area contributed by atoms with Crippen molar-refractivity contribution >= 4 is 23.3 Å². The molecule has 0 atom stereocenters. The fourth-order valence-corrected chi connectivity index (χ4v) is 3.00. The van der Waals surface area contributed by atoms with E-state index in [-0.39, 0.29) is 12.4 Å². The molecule has 2 heterocycles. The summed E-state index contributed by atoms with van der Waals surface area (Å²) >= 11 is 0. The molecule has 1 aromatic carbocycles. The Morgan fingerprint density at radius 1 is 1.05 bits per heavy atom. The van der Waals surface area contributed by atoms with Crippen LogP contribution in [0.2, 0.25) is 0 Å². The van der Waals surface area contributed by atoms with Crippen LogP contribution in [0, 0.1) is 19.8 Å². The average molecular weight is 315 g/mol. The number of fused-ring (bicyclic) bond motifs is 1. The maximum atomic E-state index is 4.68. The zero-order chi connectivity index (χ0) is 15.0. The number of aryl methyl sites for hydroxylation is 1. The minimum absolute atomic E-state index is 0. The first-order chi connectivity index (χ1) is 10.1. The molecule has 0 unspecified atom stereocenters. The lowest BCUT2D eigenvalue weighted by Crippen LogP contribution is -2.07. The molecule has 0 fully saturated rings. The molecule has 0 spiro atoms. The van der Waals surface area contributed by atoms with Crippen molar-refractivity contribution in [3.8, 4) is 11.3 Å². The van der Waals surface area contributed by atoms with Gasteiger partial charge in [0.2, 0.25) is 0 Å². The molecule has 0 N–H and O–H groups in total. The van der Waals surface area contributed by atoms with E-state index in [9.17, 15) is 0 Å². The molecular formula is C19H23ClN2. The van der Waals surface area contributed by atoms with Crippen LogP contribution in [0.3, 0.4) is 0 Å². The molecule has 0 amide bonds. The Labute approximate surface area is 138 Å². The third-order valence-electron chi connectivity index (χ3n) is 4.14. The Kier molecular flexibility index (Phi) is 4.92. The number of pyridine rings is 1. The summed E-state index contributed by atoms with van der Waals surface area (Å²) < 4.78 is 2.44.